The first-order chi connectivity index (χ1) is 13.0. The molecule has 0 amide bonds. The molecule has 0 aliphatic carbocycles. The Morgan fingerprint density at radius 1 is 1.30 bits per heavy atom. The van der Waals surface area contributed by atoms with Gasteiger partial charge in [0, 0.05) is 36.7 Å². The van der Waals surface area contributed by atoms with Crippen molar-refractivity contribution in [3.63, 3.8) is 0 Å². The zero-order valence-electron chi connectivity index (χ0n) is 16.0. The zero-order valence-corrected chi connectivity index (χ0v) is 16.0. The summed E-state index contributed by atoms with van der Waals surface area (Å²) < 4.78 is 6.44. The van der Waals surface area contributed by atoms with Gasteiger partial charge < -0.3 is 24.8 Å². The number of carbonyl (C=O) groups excluding carboxylic acids is 1. The summed E-state index contributed by atoms with van der Waals surface area (Å²) in [4.78, 5) is 16.8. The van der Waals surface area contributed by atoms with E-state index in [0.29, 0.717) is 6.04 Å². The fourth-order valence-corrected chi connectivity index (χ4v) is 3.55. The normalized spacial score (nSPS) is 17.0. The molecule has 1 fully saturated rings. The molecule has 1 aliphatic heterocycles. The number of rotatable bonds is 4. The summed E-state index contributed by atoms with van der Waals surface area (Å²) in [5.41, 5.74) is 8.43. The number of anilines is 2. The van der Waals surface area contributed by atoms with E-state index < -0.39 is 5.97 Å². The summed E-state index contributed by atoms with van der Waals surface area (Å²) in [6.07, 6.45) is 3.94. The van der Waals surface area contributed by atoms with Gasteiger partial charge in [-0.2, -0.15) is 5.26 Å². The second kappa shape index (κ2) is 7.72. The minimum absolute atomic E-state index is 0.137. The molecule has 2 heterocycles. The van der Waals surface area contributed by atoms with Crippen LogP contribution >= 0.6 is 0 Å². The lowest BCUT2D eigenvalue weighted by Gasteiger charge is -2.37. The number of benzene rings is 1. The van der Waals surface area contributed by atoms with E-state index in [2.05, 4.69) is 23.9 Å². The summed E-state index contributed by atoms with van der Waals surface area (Å²) in [7, 11) is 5.54. The molecule has 1 unspecified atom stereocenters. The standard InChI is InChI=1S/C20H25N5O2/c1-23(2)17-5-4-10-24(13-17)15-6-8-16(9-7-15)25-12-14(11-21)18(22)19(25)20(26)27-3/h6-9,12,17H,4-5,10,13,22H2,1-3H3. The number of hydrogen-bond acceptors (Lipinski definition) is 6. The second-order valence-electron chi connectivity index (χ2n) is 7.00. The van der Waals surface area contributed by atoms with Gasteiger partial charge in [0.25, 0.3) is 0 Å². The molecule has 0 radical (unpaired) electrons. The van der Waals surface area contributed by atoms with Gasteiger partial charge >= 0.3 is 5.97 Å². The number of nitrogen functional groups attached to an aromatic ring is 1. The van der Waals surface area contributed by atoms with Crippen molar-refractivity contribution in [2.24, 2.45) is 0 Å². The van der Waals surface area contributed by atoms with Crippen molar-refractivity contribution in [2.75, 3.05) is 44.9 Å². The Kier molecular flexibility index (Phi) is 5.38. The highest BCUT2D eigenvalue weighted by Gasteiger charge is 2.23. The maximum Gasteiger partial charge on any atom is 0.357 e. The highest BCUT2D eigenvalue weighted by molar-refractivity contribution is 5.95. The van der Waals surface area contributed by atoms with Crippen LogP contribution in [-0.4, -0.2) is 55.8 Å². The molecule has 2 aromatic rings. The third kappa shape index (κ3) is 3.62. The van der Waals surface area contributed by atoms with E-state index in [1.807, 2.05) is 30.3 Å². The third-order valence-electron chi connectivity index (χ3n) is 5.16. The molecular weight excluding hydrogens is 342 g/mol. The quantitative estimate of drug-likeness (QED) is 0.834. The summed E-state index contributed by atoms with van der Waals surface area (Å²) >= 11 is 0. The van der Waals surface area contributed by atoms with Gasteiger partial charge in [0.05, 0.1) is 18.4 Å². The molecule has 1 atom stereocenters. The Labute approximate surface area is 159 Å². The number of aromatic nitrogens is 1. The molecule has 7 heteroatoms. The number of piperidine rings is 1. The number of ether oxygens (including phenoxy) is 1. The number of methoxy groups -OCH3 is 1. The predicted molar refractivity (Wildman–Crippen MR) is 105 cm³/mol. The first-order valence-electron chi connectivity index (χ1n) is 8.97. The van der Waals surface area contributed by atoms with Crippen LogP contribution in [0.2, 0.25) is 0 Å². The lowest BCUT2D eigenvalue weighted by Crippen LogP contribution is -2.45. The molecule has 0 bridgehead atoms. The van der Waals surface area contributed by atoms with Crippen molar-refractivity contribution in [2.45, 2.75) is 18.9 Å². The molecule has 2 N–H and O–H groups in total. The van der Waals surface area contributed by atoms with Gasteiger partial charge in [0.2, 0.25) is 0 Å². The molecule has 1 aliphatic rings. The van der Waals surface area contributed by atoms with Gasteiger partial charge in [-0.15, -0.1) is 0 Å². The van der Waals surface area contributed by atoms with Crippen LogP contribution in [0.4, 0.5) is 11.4 Å². The molecular formula is C20H25N5O2. The van der Waals surface area contributed by atoms with E-state index >= 15 is 0 Å². The molecule has 7 nitrogen and oxygen atoms in total. The molecule has 1 aromatic carbocycles. The molecule has 142 valence electrons. The molecule has 1 saturated heterocycles. The summed E-state index contributed by atoms with van der Waals surface area (Å²) in [6.45, 7) is 2.03. The van der Waals surface area contributed by atoms with Crippen molar-refractivity contribution in [3.05, 3.63) is 41.7 Å². The smallest absolute Gasteiger partial charge is 0.357 e. The number of nitrogens with zero attached hydrogens (tertiary/aromatic N) is 4. The number of hydrogen-bond donors (Lipinski definition) is 1. The Hall–Kier alpha value is -2.98. The van der Waals surface area contributed by atoms with E-state index in [0.717, 1.165) is 30.9 Å². The number of esters is 1. The molecule has 27 heavy (non-hydrogen) atoms. The lowest BCUT2D eigenvalue weighted by molar-refractivity contribution is 0.0593. The lowest BCUT2D eigenvalue weighted by atomic mass is 10.0. The first kappa shape index (κ1) is 18.8. The zero-order chi connectivity index (χ0) is 19.6. The van der Waals surface area contributed by atoms with E-state index in [-0.39, 0.29) is 16.9 Å². The van der Waals surface area contributed by atoms with Crippen LogP contribution in [-0.2, 0) is 4.74 Å². The molecule has 3 rings (SSSR count). The summed E-state index contributed by atoms with van der Waals surface area (Å²) in [5.74, 6) is -0.567. The molecule has 0 saturated carbocycles. The Balaban J connectivity index is 1.90. The first-order valence-corrected chi connectivity index (χ1v) is 8.97. The largest absolute Gasteiger partial charge is 0.464 e. The van der Waals surface area contributed by atoms with Gasteiger partial charge in [-0.25, -0.2) is 4.79 Å². The van der Waals surface area contributed by atoms with Gasteiger partial charge in [0.15, 0.2) is 5.69 Å². The van der Waals surface area contributed by atoms with Gasteiger partial charge in [-0.05, 0) is 51.2 Å². The van der Waals surface area contributed by atoms with Crippen LogP contribution in [0, 0.1) is 11.3 Å². The van der Waals surface area contributed by atoms with Gasteiger partial charge in [-0.1, -0.05) is 0 Å². The van der Waals surface area contributed by atoms with E-state index in [1.54, 1.807) is 10.8 Å². The van der Waals surface area contributed by atoms with Crippen molar-refractivity contribution in [3.8, 4) is 11.8 Å². The van der Waals surface area contributed by atoms with Crippen molar-refractivity contribution < 1.29 is 9.53 Å². The number of nitriles is 1. The predicted octanol–water partition coefficient (Wildman–Crippen LogP) is 2.25. The van der Waals surface area contributed by atoms with Crippen LogP contribution in [0.25, 0.3) is 5.69 Å². The monoisotopic (exact) mass is 367 g/mol. The highest BCUT2D eigenvalue weighted by atomic mass is 16.5. The molecule has 1 aromatic heterocycles. The third-order valence-corrected chi connectivity index (χ3v) is 5.16. The van der Waals surface area contributed by atoms with Crippen LogP contribution in [0.3, 0.4) is 0 Å². The Morgan fingerprint density at radius 2 is 1.96 bits per heavy atom. The maximum atomic E-state index is 12.1. The highest BCUT2D eigenvalue weighted by Crippen LogP contribution is 2.27. The topological polar surface area (TPSA) is 87.5 Å². The minimum atomic E-state index is -0.567. The van der Waals surface area contributed by atoms with Crippen molar-refractivity contribution in [1.82, 2.24) is 9.47 Å². The van der Waals surface area contributed by atoms with E-state index in [1.165, 1.54) is 13.5 Å². The Bertz CT molecular complexity index is 864. The van der Waals surface area contributed by atoms with Gasteiger partial charge in [0.1, 0.15) is 6.07 Å². The van der Waals surface area contributed by atoms with Gasteiger partial charge in [-0.3, -0.25) is 0 Å². The Morgan fingerprint density at radius 3 is 2.56 bits per heavy atom. The second-order valence-corrected chi connectivity index (χ2v) is 7.00. The summed E-state index contributed by atoms with van der Waals surface area (Å²) in [5, 5.41) is 9.24. The van der Waals surface area contributed by atoms with Crippen LogP contribution in [0.15, 0.2) is 30.5 Å². The number of nitrogens with two attached hydrogens (primary N) is 1. The van der Waals surface area contributed by atoms with Crippen LogP contribution in [0.1, 0.15) is 28.9 Å². The van der Waals surface area contributed by atoms with E-state index in [4.69, 9.17) is 10.5 Å². The maximum absolute atomic E-state index is 12.1. The van der Waals surface area contributed by atoms with Crippen molar-refractivity contribution in [1.29, 1.82) is 5.26 Å². The minimum Gasteiger partial charge on any atom is -0.464 e. The van der Waals surface area contributed by atoms with E-state index in [9.17, 15) is 10.1 Å². The summed E-state index contributed by atoms with van der Waals surface area (Å²) in [6, 6.07) is 10.5. The fraction of sp³-hybridized carbons (Fsp3) is 0.400. The fourth-order valence-electron chi connectivity index (χ4n) is 3.55. The number of likely N-dealkylation sites (N-methyl/N-ethyl adjacent to an activating group) is 1. The average molecular weight is 367 g/mol. The molecule has 0 spiro atoms. The number of carbonyl (C=O) groups is 1. The van der Waals surface area contributed by atoms with Crippen LogP contribution in [0.5, 0.6) is 0 Å². The van der Waals surface area contributed by atoms with Crippen molar-refractivity contribution >= 4 is 17.3 Å². The average Bonchev–Trinajstić information content (AvgIpc) is 3.04. The SMILES string of the molecule is COC(=O)c1c(N)c(C#N)cn1-c1ccc(N2CCCC(N(C)C)C2)cc1. The van der Waals surface area contributed by atoms with Crippen LogP contribution < -0.4 is 10.6 Å².